The van der Waals surface area contributed by atoms with Gasteiger partial charge in [-0.3, -0.25) is 14.5 Å². The lowest BCUT2D eigenvalue weighted by molar-refractivity contribution is -0.141. The quantitative estimate of drug-likeness (QED) is 0.521. The second kappa shape index (κ2) is 8.16. The van der Waals surface area contributed by atoms with Crippen molar-refractivity contribution in [2.45, 2.75) is 37.8 Å². The highest BCUT2D eigenvalue weighted by Crippen LogP contribution is 2.34. The first kappa shape index (κ1) is 22.7. The number of amides is 1. The van der Waals surface area contributed by atoms with Gasteiger partial charge in [-0.05, 0) is 43.2 Å². The fourth-order valence-corrected chi connectivity index (χ4v) is 3.68. The van der Waals surface area contributed by atoms with Gasteiger partial charge in [0, 0.05) is 18.3 Å². The number of fused-ring (bicyclic) bond motifs is 1. The van der Waals surface area contributed by atoms with Crippen LogP contribution in [0.1, 0.15) is 46.2 Å². The van der Waals surface area contributed by atoms with Gasteiger partial charge in [0.05, 0.1) is 28.6 Å². The number of aryl methyl sites for hydroxylation is 1. The monoisotopic (exact) mass is 472 g/mol. The summed E-state index contributed by atoms with van der Waals surface area (Å²) in [5.74, 6) is -2.72. The predicted octanol–water partition coefficient (Wildman–Crippen LogP) is 5.39. The lowest BCUT2D eigenvalue weighted by atomic mass is 10.0. The summed E-state index contributed by atoms with van der Waals surface area (Å²) in [5.41, 5.74) is -2.58. The van der Waals surface area contributed by atoms with Crippen LogP contribution in [0.25, 0.3) is 11.3 Å². The van der Waals surface area contributed by atoms with Crippen molar-refractivity contribution in [3.05, 3.63) is 70.9 Å². The van der Waals surface area contributed by atoms with Crippen molar-refractivity contribution in [2.75, 3.05) is 0 Å². The Morgan fingerprint density at radius 2 is 1.82 bits per heavy atom. The molecule has 2 aromatic heterocycles. The molecule has 1 aliphatic rings. The third-order valence-corrected chi connectivity index (χ3v) is 5.23. The normalized spacial score (nSPS) is 16.4. The van der Waals surface area contributed by atoms with Crippen LogP contribution in [0.3, 0.4) is 0 Å². The number of carbonyl (C=O) groups is 1. The Labute approximate surface area is 182 Å². The van der Waals surface area contributed by atoms with Crippen LogP contribution in [0, 0.1) is 5.82 Å². The number of rotatable bonds is 3. The Kier molecular flexibility index (Phi) is 5.62. The van der Waals surface area contributed by atoms with Gasteiger partial charge in [-0.1, -0.05) is 6.07 Å². The predicted molar refractivity (Wildman–Crippen MR) is 101 cm³/mol. The molecule has 0 unspecified atom stereocenters. The number of halogens is 7. The minimum Gasteiger partial charge on any atom is -0.344 e. The van der Waals surface area contributed by atoms with Gasteiger partial charge < -0.3 is 5.32 Å². The lowest BCUT2D eigenvalue weighted by Crippen LogP contribution is -2.33. The summed E-state index contributed by atoms with van der Waals surface area (Å²) in [7, 11) is 0. The first-order valence-corrected chi connectivity index (χ1v) is 9.73. The molecular weight excluding hydrogens is 457 g/mol. The molecule has 4 rings (SSSR count). The smallest absolute Gasteiger partial charge is 0.344 e. The topological polar surface area (TPSA) is 59.8 Å². The number of nitrogens with one attached hydrogen (secondary N) is 1. The van der Waals surface area contributed by atoms with Crippen molar-refractivity contribution in [2.24, 2.45) is 0 Å². The molecule has 0 saturated heterocycles. The first-order chi connectivity index (χ1) is 15.4. The summed E-state index contributed by atoms with van der Waals surface area (Å²) < 4.78 is 93.6. The average molecular weight is 472 g/mol. The van der Waals surface area contributed by atoms with Crippen LogP contribution in [0.5, 0.6) is 0 Å². The van der Waals surface area contributed by atoms with Crippen LogP contribution < -0.4 is 5.32 Å². The van der Waals surface area contributed by atoms with Crippen molar-refractivity contribution in [1.29, 1.82) is 0 Å². The van der Waals surface area contributed by atoms with E-state index in [2.05, 4.69) is 15.4 Å². The lowest BCUT2D eigenvalue weighted by Gasteiger charge is -2.24. The van der Waals surface area contributed by atoms with Crippen LogP contribution in [0.15, 0.2) is 42.6 Å². The second-order valence-corrected chi connectivity index (χ2v) is 7.44. The number of nitrogens with zero attached hydrogens (tertiary/aromatic N) is 3. The molecule has 5 nitrogen and oxygen atoms in total. The molecule has 1 atom stereocenters. The Bertz CT molecular complexity index is 1200. The van der Waals surface area contributed by atoms with Crippen molar-refractivity contribution in [3.63, 3.8) is 0 Å². The van der Waals surface area contributed by atoms with Gasteiger partial charge in [-0.2, -0.15) is 31.4 Å². The molecule has 174 valence electrons. The van der Waals surface area contributed by atoms with E-state index < -0.39 is 46.9 Å². The van der Waals surface area contributed by atoms with Gasteiger partial charge in [0.25, 0.3) is 5.91 Å². The maximum Gasteiger partial charge on any atom is 0.433 e. The van der Waals surface area contributed by atoms with E-state index in [0.717, 1.165) is 24.4 Å². The van der Waals surface area contributed by atoms with Crippen molar-refractivity contribution < 1.29 is 35.5 Å². The van der Waals surface area contributed by atoms with E-state index in [9.17, 15) is 35.5 Å². The summed E-state index contributed by atoms with van der Waals surface area (Å²) in [6.07, 6.45) is -7.67. The zero-order chi connectivity index (χ0) is 24.0. The van der Waals surface area contributed by atoms with Gasteiger partial charge in [0.1, 0.15) is 11.5 Å². The number of benzene rings is 1. The summed E-state index contributed by atoms with van der Waals surface area (Å²) in [6.45, 7) is 0.427. The van der Waals surface area contributed by atoms with Gasteiger partial charge in [0.15, 0.2) is 0 Å². The Hall–Kier alpha value is -3.44. The zero-order valence-electron chi connectivity index (χ0n) is 16.6. The van der Waals surface area contributed by atoms with Crippen molar-refractivity contribution >= 4 is 5.91 Å². The van der Waals surface area contributed by atoms with E-state index >= 15 is 0 Å². The molecule has 33 heavy (non-hydrogen) atoms. The number of pyridine rings is 1. The summed E-state index contributed by atoms with van der Waals surface area (Å²) in [6, 6.07) is 5.40. The fourth-order valence-electron chi connectivity index (χ4n) is 3.68. The van der Waals surface area contributed by atoms with Crippen molar-refractivity contribution in [3.8, 4) is 11.3 Å². The molecule has 0 spiro atoms. The number of carbonyl (C=O) groups excluding carboxylic acids is 1. The Morgan fingerprint density at radius 1 is 1.06 bits per heavy atom. The van der Waals surface area contributed by atoms with Crippen LogP contribution in [-0.4, -0.2) is 20.7 Å². The van der Waals surface area contributed by atoms with Gasteiger partial charge >= 0.3 is 12.4 Å². The van der Waals surface area contributed by atoms with E-state index in [-0.39, 0.29) is 11.3 Å². The van der Waals surface area contributed by atoms with E-state index in [1.54, 1.807) is 0 Å². The molecule has 0 saturated carbocycles. The van der Waals surface area contributed by atoms with Gasteiger partial charge in [-0.15, -0.1) is 0 Å². The van der Waals surface area contributed by atoms with E-state index in [4.69, 9.17) is 0 Å². The molecule has 0 radical (unpaired) electrons. The molecule has 0 aliphatic carbocycles. The van der Waals surface area contributed by atoms with E-state index in [1.807, 2.05) is 0 Å². The molecule has 0 bridgehead atoms. The van der Waals surface area contributed by atoms with E-state index in [0.29, 0.717) is 31.1 Å². The largest absolute Gasteiger partial charge is 0.433 e. The second-order valence-electron chi connectivity index (χ2n) is 7.44. The minimum absolute atomic E-state index is 0.160. The highest BCUT2D eigenvalue weighted by atomic mass is 19.4. The Balaban J connectivity index is 1.62. The fraction of sp³-hybridized carbons (Fsp3) is 0.286. The molecule has 12 heteroatoms. The first-order valence-electron chi connectivity index (χ1n) is 9.73. The maximum absolute atomic E-state index is 14.3. The number of aromatic nitrogens is 3. The number of alkyl halides is 6. The highest BCUT2D eigenvalue weighted by Gasteiger charge is 2.36. The SMILES string of the molecule is O=C(N[C@H]1CCCn2nc(-c3ccnc(C(F)(F)F)c3)cc21)c1cccc(C(F)(F)F)c1F. The zero-order valence-corrected chi connectivity index (χ0v) is 16.6. The summed E-state index contributed by atoms with van der Waals surface area (Å²) in [4.78, 5) is 15.9. The third kappa shape index (κ3) is 4.55. The van der Waals surface area contributed by atoms with Gasteiger partial charge in [0.2, 0.25) is 0 Å². The number of hydrogen-bond donors (Lipinski definition) is 1. The van der Waals surface area contributed by atoms with Crippen molar-refractivity contribution in [1.82, 2.24) is 20.1 Å². The molecule has 1 aromatic carbocycles. The summed E-state index contributed by atoms with van der Waals surface area (Å²) in [5, 5.41) is 6.80. The van der Waals surface area contributed by atoms with E-state index in [1.165, 1.54) is 16.8 Å². The molecule has 3 aromatic rings. The Morgan fingerprint density at radius 3 is 2.52 bits per heavy atom. The third-order valence-electron chi connectivity index (χ3n) is 5.23. The molecular formula is C21H15F7N4O. The highest BCUT2D eigenvalue weighted by molar-refractivity contribution is 5.95. The van der Waals surface area contributed by atoms with Crippen LogP contribution in [0.4, 0.5) is 30.7 Å². The molecule has 1 N–H and O–H groups in total. The maximum atomic E-state index is 14.3. The van der Waals surface area contributed by atoms with Crippen LogP contribution in [-0.2, 0) is 18.9 Å². The van der Waals surface area contributed by atoms with Gasteiger partial charge in [-0.25, -0.2) is 4.39 Å². The standard InChI is InChI=1S/C21H15F7N4O/c22-18-12(3-1-4-13(18)20(23,24)25)19(33)30-14-5-2-8-32-16(14)10-15(31-32)11-6-7-29-17(9-11)21(26,27)28/h1,3-4,6-7,9-10,14H,2,5,8H2,(H,30,33)/t14-/m0/s1. The molecule has 1 amide bonds. The minimum atomic E-state index is -4.96. The molecule has 3 heterocycles. The average Bonchev–Trinajstić information content (AvgIpc) is 3.18. The summed E-state index contributed by atoms with van der Waals surface area (Å²) >= 11 is 0. The van der Waals surface area contributed by atoms with Crippen LogP contribution in [0.2, 0.25) is 0 Å². The molecule has 0 fully saturated rings. The van der Waals surface area contributed by atoms with Crippen LogP contribution >= 0.6 is 0 Å². The molecule has 1 aliphatic heterocycles. The number of hydrogen-bond acceptors (Lipinski definition) is 3.